The molecule has 1 rings (SSSR count). The predicted octanol–water partition coefficient (Wildman–Crippen LogP) is 3.06. The zero-order valence-corrected chi connectivity index (χ0v) is 13.6. The van der Waals surface area contributed by atoms with E-state index >= 15 is 0 Å². The Morgan fingerprint density at radius 2 is 2.05 bits per heavy atom. The van der Waals surface area contributed by atoms with Crippen LogP contribution in [0.3, 0.4) is 0 Å². The van der Waals surface area contributed by atoms with Gasteiger partial charge in [-0.25, -0.2) is 0 Å². The number of guanidine groups is 1. The van der Waals surface area contributed by atoms with E-state index in [1.807, 2.05) is 18.2 Å². The molecule has 112 valence electrons. The second-order valence-electron chi connectivity index (χ2n) is 5.06. The molecule has 0 aliphatic carbocycles. The van der Waals surface area contributed by atoms with Gasteiger partial charge in [0.05, 0.1) is 7.11 Å². The van der Waals surface area contributed by atoms with Crippen LogP contribution >= 0.6 is 11.6 Å². The molecule has 0 spiro atoms. The second-order valence-corrected chi connectivity index (χ2v) is 5.50. The van der Waals surface area contributed by atoms with E-state index in [1.54, 1.807) is 14.2 Å². The highest BCUT2D eigenvalue weighted by atomic mass is 35.5. The van der Waals surface area contributed by atoms with E-state index in [9.17, 15) is 0 Å². The summed E-state index contributed by atoms with van der Waals surface area (Å²) in [6.45, 7) is 7.12. The van der Waals surface area contributed by atoms with E-state index < -0.39 is 0 Å². The molecule has 4 nitrogen and oxygen atoms in total. The third kappa shape index (κ3) is 4.93. The number of aliphatic imine (C=N–C) groups is 1. The monoisotopic (exact) mass is 297 g/mol. The van der Waals surface area contributed by atoms with Gasteiger partial charge < -0.3 is 15.4 Å². The summed E-state index contributed by atoms with van der Waals surface area (Å²) in [5.41, 5.74) is 1.04. The van der Waals surface area contributed by atoms with Crippen LogP contribution in [0.25, 0.3) is 0 Å². The molecule has 0 bridgehead atoms. The normalized spacial score (nSPS) is 13.2. The summed E-state index contributed by atoms with van der Waals surface area (Å²) < 4.78 is 5.33. The van der Waals surface area contributed by atoms with Crippen molar-refractivity contribution >= 4 is 17.6 Å². The molecule has 0 saturated carbocycles. The predicted molar refractivity (Wildman–Crippen MR) is 85.6 cm³/mol. The molecule has 0 aliphatic rings. The van der Waals surface area contributed by atoms with Gasteiger partial charge >= 0.3 is 0 Å². The van der Waals surface area contributed by atoms with Crippen LogP contribution < -0.4 is 15.4 Å². The first-order valence-electron chi connectivity index (χ1n) is 6.77. The molecule has 1 aromatic rings. The fraction of sp³-hybridized carbons (Fsp3) is 0.533. The van der Waals surface area contributed by atoms with Crippen molar-refractivity contribution in [3.63, 3.8) is 0 Å². The van der Waals surface area contributed by atoms with E-state index in [0.29, 0.717) is 23.5 Å². The first-order valence-corrected chi connectivity index (χ1v) is 7.15. The topological polar surface area (TPSA) is 45.7 Å². The summed E-state index contributed by atoms with van der Waals surface area (Å²) in [5, 5.41) is 7.31. The third-order valence-electron chi connectivity index (χ3n) is 3.28. The van der Waals surface area contributed by atoms with Crippen molar-refractivity contribution in [2.24, 2.45) is 10.9 Å². The Bertz CT molecular complexity index is 460. The van der Waals surface area contributed by atoms with Crippen molar-refractivity contribution in [1.82, 2.24) is 10.6 Å². The van der Waals surface area contributed by atoms with Gasteiger partial charge in [-0.1, -0.05) is 31.5 Å². The molecule has 5 heteroatoms. The Morgan fingerprint density at radius 3 is 2.60 bits per heavy atom. The lowest BCUT2D eigenvalue weighted by Gasteiger charge is -2.21. The van der Waals surface area contributed by atoms with Gasteiger partial charge in [-0.05, 0) is 25.0 Å². The molecule has 0 fully saturated rings. The lowest BCUT2D eigenvalue weighted by atomic mass is 10.1. The highest BCUT2D eigenvalue weighted by Gasteiger charge is 2.10. The molecule has 1 aromatic carbocycles. The van der Waals surface area contributed by atoms with Crippen LogP contribution in [-0.4, -0.2) is 26.2 Å². The van der Waals surface area contributed by atoms with Gasteiger partial charge in [0.15, 0.2) is 5.96 Å². The second kappa shape index (κ2) is 8.00. The van der Waals surface area contributed by atoms with Crippen molar-refractivity contribution in [2.45, 2.75) is 33.4 Å². The van der Waals surface area contributed by atoms with Crippen molar-refractivity contribution < 1.29 is 4.74 Å². The summed E-state index contributed by atoms with van der Waals surface area (Å²) in [6.07, 6.45) is 0. The Hall–Kier alpha value is -1.42. The first kappa shape index (κ1) is 16.6. The van der Waals surface area contributed by atoms with Crippen molar-refractivity contribution in [3.05, 3.63) is 28.8 Å². The molecule has 1 unspecified atom stereocenters. The number of rotatable bonds is 5. The molecule has 0 aromatic heterocycles. The number of hydrogen-bond acceptors (Lipinski definition) is 2. The Morgan fingerprint density at radius 1 is 1.35 bits per heavy atom. The van der Waals surface area contributed by atoms with Crippen molar-refractivity contribution in [2.75, 3.05) is 14.2 Å². The Balaban J connectivity index is 2.65. The highest BCUT2D eigenvalue weighted by Crippen LogP contribution is 2.22. The molecular formula is C15H24ClN3O. The Kier molecular flexibility index (Phi) is 6.65. The number of halogens is 1. The smallest absolute Gasteiger partial charge is 0.191 e. The summed E-state index contributed by atoms with van der Waals surface area (Å²) in [5.74, 6) is 2.10. The minimum Gasteiger partial charge on any atom is -0.496 e. The zero-order chi connectivity index (χ0) is 15.1. The standard InChI is InChI=1S/C15H24ClN3O/c1-10(2)11(3)19-15(17-4)18-9-12-6-7-13(16)8-14(12)20-5/h6-8,10-11H,9H2,1-5H3,(H2,17,18,19). The quantitative estimate of drug-likeness (QED) is 0.648. The summed E-state index contributed by atoms with van der Waals surface area (Å²) in [4.78, 5) is 4.23. The van der Waals surface area contributed by atoms with Crippen LogP contribution in [0.5, 0.6) is 5.75 Å². The number of hydrogen-bond donors (Lipinski definition) is 2. The largest absolute Gasteiger partial charge is 0.496 e. The summed E-state index contributed by atoms with van der Waals surface area (Å²) in [6, 6.07) is 5.97. The van der Waals surface area contributed by atoms with Crippen LogP contribution in [0.1, 0.15) is 26.3 Å². The maximum atomic E-state index is 5.95. The Labute approximate surface area is 126 Å². The van der Waals surface area contributed by atoms with E-state index in [4.69, 9.17) is 16.3 Å². The first-order chi connectivity index (χ1) is 9.47. The third-order valence-corrected chi connectivity index (χ3v) is 3.52. The molecule has 20 heavy (non-hydrogen) atoms. The number of ether oxygens (including phenoxy) is 1. The number of methoxy groups -OCH3 is 1. The van der Waals surface area contributed by atoms with E-state index in [2.05, 4.69) is 36.4 Å². The van der Waals surface area contributed by atoms with Gasteiger partial charge in [-0.3, -0.25) is 4.99 Å². The molecule has 0 radical (unpaired) electrons. The number of benzene rings is 1. The van der Waals surface area contributed by atoms with E-state index in [0.717, 1.165) is 17.3 Å². The minimum atomic E-state index is 0.355. The van der Waals surface area contributed by atoms with Gasteiger partial charge in [0.2, 0.25) is 0 Å². The average Bonchev–Trinajstić information content (AvgIpc) is 2.43. The molecule has 0 saturated heterocycles. The van der Waals surface area contributed by atoms with E-state index in [1.165, 1.54) is 0 Å². The van der Waals surface area contributed by atoms with Gasteiger partial charge in [0.25, 0.3) is 0 Å². The molecule has 0 heterocycles. The maximum Gasteiger partial charge on any atom is 0.191 e. The molecule has 2 N–H and O–H groups in total. The van der Waals surface area contributed by atoms with Crippen LogP contribution in [-0.2, 0) is 6.54 Å². The number of nitrogens with one attached hydrogen (secondary N) is 2. The maximum absolute atomic E-state index is 5.95. The molecule has 0 aliphatic heterocycles. The fourth-order valence-corrected chi connectivity index (χ4v) is 1.78. The highest BCUT2D eigenvalue weighted by molar-refractivity contribution is 6.30. The van der Waals surface area contributed by atoms with Crippen LogP contribution in [0, 0.1) is 5.92 Å². The van der Waals surface area contributed by atoms with Gasteiger partial charge in [-0.15, -0.1) is 0 Å². The van der Waals surface area contributed by atoms with E-state index in [-0.39, 0.29) is 0 Å². The van der Waals surface area contributed by atoms with Gasteiger partial charge in [-0.2, -0.15) is 0 Å². The zero-order valence-electron chi connectivity index (χ0n) is 12.8. The molecular weight excluding hydrogens is 274 g/mol. The van der Waals surface area contributed by atoms with Crippen LogP contribution in [0.4, 0.5) is 0 Å². The summed E-state index contributed by atoms with van der Waals surface area (Å²) in [7, 11) is 3.41. The SMILES string of the molecule is CN=C(NCc1ccc(Cl)cc1OC)NC(C)C(C)C. The van der Waals surface area contributed by atoms with Gasteiger partial charge in [0.1, 0.15) is 5.75 Å². The lowest BCUT2D eigenvalue weighted by molar-refractivity contribution is 0.409. The minimum absolute atomic E-state index is 0.355. The van der Waals surface area contributed by atoms with Gasteiger partial charge in [0, 0.05) is 30.2 Å². The van der Waals surface area contributed by atoms with Crippen LogP contribution in [0.15, 0.2) is 23.2 Å². The van der Waals surface area contributed by atoms with Crippen molar-refractivity contribution in [3.8, 4) is 5.75 Å². The molecule has 0 amide bonds. The fourth-order valence-electron chi connectivity index (χ4n) is 1.62. The van der Waals surface area contributed by atoms with Crippen LogP contribution in [0.2, 0.25) is 5.02 Å². The molecule has 1 atom stereocenters. The summed E-state index contributed by atoms with van der Waals surface area (Å²) >= 11 is 5.95. The van der Waals surface area contributed by atoms with Crippen molar-refractivity contribution in [1.29, 1.82) is 0 Å². The average molecular weight is 298 g/mol. The number of nitrogens with zero attached hydrogens (tertiary/aromatic N) is 1. The lowest BCUT2D eigenvalue weighted by Crippen LogP contribution is -2.43.